The lowest BCUT2D eigenvalue weighted by molar-refractivity contribution is 0.0729. The molecule has 1 aromatic heterocycles. The van der Waals surface area contributed by atoms with Gasteiger partial charge in [-0.15, -0.1) is 10.2 Å². The molecule has 1 aliphatic rings. The van der Waals surface area contributed by atoms with Crippen LogP contribution in [0.3, 0.4) is 0 Å². The normalized spacial score (nSPS) is 17.9. The molecule has 1 saturated heterocycles. The lowest BCUT2D eigenvalue weighted by Crippen LogP contribution is -2.33. The Morgan fingerprint density at radius 2 is 2.36 bits per heavy atom. The van der Waals surface area contributed by atoms with Crippen molar-refractivity contribution in [2.45, 2.75) is 6.42 Å². The lowest BCUT2D eigenvalue weighted by atomic mass is 10.4. The van der Waals surface area contributed by atoms with Gasteiger partial charge in [-0.1, -0.05) is 0 Å². The zero-order valence-electron chi connectivity index (χ0n) is 7.64. The van der Waals surface area contributed by atoms with E-state index in [0.717, 1.165) is 6.42 Å². The van der Waals surface area contributed by atoms with Crippen molar-refractivity contribution in [1.82, 2.24) is 25.5 Å². The van der Waals surface area contributed by atoms with Crippen LogP contribution in [0.15, 0.2) is 0 Å². The molecule has 76 valence electrons. The van der Waals surface area contributed by atoms with E-state index in [1.165, 1.54) is 0 Å². The van der Waals surface area contributed by atoms with Gasteiger partial charge in [-0.05, 0) is 11.6 Å². The van der Waals surface area contributed by atoms with E-state index in [1.807, 2.05) is 0 Å². The number of carbonyl (C=O) groups excluding carboxylic acids is 1. The molecule has 2 heterocycles. The molecule has 7 heteroatoms. The highest BCUT2D eigenvalue weighted by atomic mass is 16.5. The molecule has 1 aliphatic heterocycles. The summed E-state index contributed by atoms with van der Waals surface area (Å²) >= 11 is 0. The first-order valence-electron chi connectivity index (χ1n) is 4.48. The Hall–Kier alpha value is -1.50. The molecule has 2 rings (SSSR count). The van der Waals surface area contributed by atoms with Crippen molar-refractivity contribution in [1.29, 1.82) is 0 Å². The molecule has 0 spiro atoms. The minimum absolute atomic E-state index is 0.118. The summed E-state index contributed by atoms with van der Waals surface area (Å²) in [7, 11) is 0. The Morgan fingerprint density at radius 1 is 1.43 bits per heavy atom. The zero-order valence-corrected chi connectivity index (χ0v) is 7.64. The second-order valence-electron chi connectivity index (χ2n) is 2.99. The van der Waals surface area contributed by atoms with Gasteiger partial charge in [0.15, 0.2) is 0 Å². The van der Waals surface area contributed by atoms with Gasteiger partial charge in [0, 0.05) is 19.7 Å². The van der Waals surface area contributed by atoms with E-state index in [9.17, 15) is 4.79 Å². The van der Waals surface area contributed by atoms with Crippen molar-refractivity contribution in [3.05, 3.63) is 5.82 Å². The number of aromatic nitrogens is 4. The van der Waals surface area contributed by atoms with Crippen LogP contribution in [0.4, 0.5) is 0 Å². The van der Waals surface area contributed by atoms with Gasteiger partial charge in [-0.25, -0.2) is 0 Å². The number of hydrogen-bond donors (Lipinski definition) is 1. The van der Waals surface area contributed by atoms with Gasteiger partial charge in [-0.2, -0.15) is 5.21 Å². The number of carbonyl (C=O) groups is 1. The fourth-order valence-electron chi connectivity index (χ4n) is 1.34. The van der Waals surface area contributed by atoms with E-state index in [-0.39, 0.29) is 11.7 Å². The SMILES string of the molecule is O=C(c1nn[nH]n1)N1CCCOCC1. The maximum Gasteiger partial charge on any atom is 0.295 e. The Labute approximate surface area is 80.4 Å². The summed E-state index contributed by atoms with van der Waals surface area (Å²) in [5, 5.41) is 12.9. The molecule has 1 N–H and O–H groups in total. The van der Waals surface area contributed by atoms with Gasteiger partial charge in [0.2, 0.25) is 0 Å². The third-order valence-corrected chi connectivity index (χ3v) is 2.05. The Bertz CT molecular complexity index is 291. The largest absolute Gasteiger partial charge is 0.380 e. The smallest absolute Gasteiger partial charge is 0.295 e. The van der Waals surface area contributed by atoms with Crippen molar-refractivity contribution in [2.24, 2.45) is 0 Å². The van der Waals surface area contributed by atoms with Crippen LogP contribution in [0.25, 0.3) is 0 Å². The molecule has 1 aromatic rings. The van der Waals surface area contributed by atoms with Crippen molar-refractivity contribution in [3.8, 4) is 0 Å². The van der Waals surface area contributed by atoms with E-state index in [1.54, 1.807) is 4.90 Å². The average molecular weight is 197 g/mol. The molecular formula is C7H11N5O2. The Kier molecular flexibility index (Phi) is 2.68. The Balaban J connectivity index is 2.03. The lowest BCUT2D eigenvalue weighted by Gasteiger charge is -2.16. The number of H-pyrrole nitrogens is 1. The second kappa shape index (κ2) is 4.14. The molecule has 0 atom stereocenters. The predicted octanol–water partition coefficient (Wildman–Crippen LogP) is -0.938. The molecule has 0 saturated carbocycles. The van der Waals surface area contributed by atoms with E-state index in [0.29, 0.717) is 26.3 Å². The van der Waals surface area contributed by atoms with Crippen LogP contribution in [0.1, 0.15) is 17.0 Å². The van der Waals surface area contributed by atoms with Crippen LogP contribution in [-0.4, -0.2) is 57.7 Å². The van der Waals surface area contributed by atoms with Crippen molar-refractivity contribution >= 4 is 5.91 Å². The summed E-state index contributed by atoms with van der Waals surface area (Å²) in [5.41, 5.74) is 0. The molecule has 7 nitrogen and oxygen atoms in total. The number of nitrogens with one attached hydrogen (secondary N) is 1. The average Bonchev–Trinajstić information content (AvgIpc) is 2.59. The van der Waals surface area contributed by atoms with Crippen LogP contribution in [0.5, 0.6) is 0 Å². The second-order valence-corrected chi connectivity index (χ2v) is 2.99. The van der Waals surface area contributed by atoms with Crippen molar-refractivity contribution in [2.75, 3.05) is 26.3 Å². The number of rotatable bonds is 1. The maximum atomic E-state index is 11.7. The van der Waals surface area contributed by atoms with Gasteiger partial charge in [0.25, 0.3) is 11.7 Å². The standard InChI is InChI=1S/C7H11N5O2/c13-7(6-8-10-11-9-6)12-2-1-4-14-5-3-12/h1-5H2,(H,8,9,10,11). The van der Waals surface area contributed by atoms with Crippen LogP contribution >= 0.6 is 0 Å². The molecule has 0 aliphatic carbocycles. The van der Waals surface area contributed by atoms with Gasteiger partial charge >= 0.3 is 0 Å². The first kappa shape index (κ1) is 9.07. The number of hydrogen-bond acceptors (Lipinski definition) is 5. The van der Waals surface area contributed by atoms with Crippen LogP contribution in [0, 0.1) is 0 Å². The molecule has 14 heavy (non-hydrogen) atoms. The third-order valence-electron chi connectivity index (χ3n) is 2.05. The van der Waals surface area contributed by atoms with Gasteiger partial charge in [-0.3, -0.25) is 4.79 Å². The van der Waals surface area contributed by atoms with Crippen molar-refractivity contribution < 1.29 is 9.53 Å². The molecule has 1 fully saturated rings. The van der Waals surface area contributed by atoms with Gasteiger partial charge < -0.3 is 9.64 Å². The summed E-state index contributed by atoms with van der Waals surface area (Å²) in [6, 6.07) is 0. The molecule has 1 amide bonds. The number of ether oxygens (including phenoxy) is 1. The number of nitrogens with zero attached hydrogens (tertiary/aromatic N) is 4. The summed E-state index contributed by atoms with van der Waals surface area (Å²) in [4.78, 5) is 13.4. The zero-order chi connectivity index (χ0) is 9.80. The van der Waals surface area contributed by atoms with Crippen molar-refractivity contribution in [3.63, 3.8) is 0 Å². The summed E-state index contributed by atoms with van der Waals surface area (Å²) in [6.07, 6.45) is 0.851. The predicted molar refractivity (Wildman–Crippen MR) is 45.5 cm³/mol. The van der Waals surface area contributed by atoms with E-state index in [4.69, 9.17) is 4.74 Å². The topological polar surface area (TPSA) is 84.0 Å². The summed E-state index contributed by atoms with van der Waals surface area (Å²) in [5.74, 6) is -0.0730. The highest BCUT2D eigenvalue weighted by molar-refractivity contribution is 5.90. The van der Waals surface area contributed by atoms with Gasteiger partial charge in [0.1, 0.15) is 0 Å². The van der Waals surface area contributed by atoms with E-state index in [2.05, 4.69) is 20.6 Å². The quantitative estimate of drug-likeness (QED) is 0.628. The molecule has 0 radical (unpaired) electrons. The summed E-state index contributed by atoms with van der Waals surface area (Å²) in [6.45, 7) is 2.56. The fraction of sp³-hybridized carbons (Fsp3) is 0.714. The van der Waals surface area contributed by atoms with Gasteiger partial charge in [0.05, 0.1) is 6.61 Å². The molecule has 0 bridgehead atoms. The number of aromatic amines is 1. The molecule has 0 unspecified atom stereocenters. The number of amides is 1. The number of tetrazole rings is 1. The highest BCUT2D eigenvalue weighted by Gasteiger charge is 2.20. The Morgan fingerprint density at radius 3 is 3.14 bits per heavy atom. The summed E-state index contributed by atoms with van der Waals surface area (Å²) < 4.78 is 5.23. The van der Waals surface area contributed by atoms with Crippen LogP contribution in [0.2, 0.25) is 0 Å². The van der Waals surface area contributed by atoms with Crippen LogP contribution in [-0.2, 0) is 4.74 Å². The van der Waals surface area contributed by atoms with E-state index >= 15 is 0 Å². The minimum Gasteiger partial charge on any atom is -0.380 e. The highest BCUT2D eigenvalue weighted by Crippen LogP contribution is 2.02. The maximum absolute atomic E-state index is 11.7. The fourth-order valence-corrected chi connectivity index (χ4v) is 1.34. The molecular weight excluding hydrogens is 186 g/mol. The monoisotopic (exact) mass is 197 g/mol. The first-order chi connectivity index (χ1) is 6.88. The first-order valence-corrected chi connectivity index (χ1v) is 4.48. The minimum atomic E-state index is -0.191. The molecule has 0 aromatic carbocycles. The third kappa shape index (κ3) is 1.87. The van der Waals surface area contributed by atoms with E-state index < -0.39 is 0 Å². The van der Waals surface area contributed by atoms with Crippen LogP contribution < -0.4 is 0 Å².